The number of amides is 1. The van der Waals surface area contributed by atoms with Crippen LogP contribution >= 0.6 is 0 Å². The molecule has 0 aliphatic carbocycles. The summed E-state index contributed by atoms with van der Waals surface area (Å²) in [6.45, 7) is 3.49. The zero-order valence-electron chi connectivity index (χ0n) is 15.4. The van der Waals surface area contributed by atoms with Crippen LogP contribution in [0.25, 0.3) is 11.4 Å². The topological polar surface area (TPSA) is 115 Å². The minimum Gasteiger partial charge on any atom is -0.396 e. The third-order valence-electron chi connectivity index (χ3n) is 4.90. The molecule has 1 fully saturated rings. The highest BCUT2D eigenvalue weighted by Crippen LogP contribution is 2.29. The minimum atomic E-state index is 0.0767. The van der Waals surface area contributed by atoms with Gasteiger partial charge in [-0.1, -0.05) is 17.3 Å². The van der Waals surface area contributed by atoms with Crippen LogP contribution in [-0.2, 0) is 4.79 Å². The predicted molar refractivity (Wildman–Crippen MR) is 102 cm³/mol. The molecule has 1 unspecified atom stereocenters. The highest BCUT2D eigenvalue weighted by Gasteiger charge is 2.25. The van der Waals surface area contributed by atoms with Crippen molar-refractivity contribution in [2.45, 2.75) is 38.1 Å². The number of nitrogens with zero attached hydrogens (tertiary/aromatic N) is 3. The fourth-order valence-electron chi connectivity index (χ4n) is 3.25. The van der Waals surface area contributed by atoms with Crippen LogP contribution in [-0.4, -0.2) is 58.5 Å². The molecule has 1 aliphatic heterocycles. The summed E-state index contributed by atoms with van der Waals surface area (Å²) in [5.74, 6) is 1.29. The molecule has 1 atom stereocenters. The molecule has 144 valence electrons. The largest absolute Gasteiger partial charge is 0.396 e. The van der Waals surface area contributed by atoms with Gasteiger partial charge in [-0.05, 0) is 32.3 Å². The first kappa shape index (κ1) is 19.0. The Balaban J connectivity index is 1.77. The molecule has 8 heteroatoms. The lowest BCUT2D eigenvalue weighted by atomic mass is 9.97. The second-order valence-electron chi connectivity index (χ2n) is 6.88. The molecule has 0 radical (unpaired) electrons. The lowest BCUT2D eigenvalue weighted by Crippen LogP contribution is -2.31. The predicted octanol–water partition coefficient (Wildman–Crippen LogP) is 2.25. The summed E-state index contributed by atoms with van der Waals surface area (Å²) in [4.78, 5) is 17.1. The molecule has 8 nitrogen and oxygen atoms in total. The van der Waals surface area contributed by atoms with Gasteiger partial charge in [0.15, 0.2) is 0 Å². The quantitative estimate of drug-likeness (QED) is 0.484. The second-order valence-corrected chi connectivity index (χ2v) is 6.88. The summed E-state index contributed by atoms with van der Waals surface area (Å²) in [5.41, 5.74) is 2.36. The number of nitrogens with one attached hydrogen (secondary N) is 2. The fraction of sp³-hybridized carbons (Fsp3) is 0.474. The Kier molecular flexibility index (Phi) is 6.18. The van der Waals surface area contributed by atoms with Gasteiger partial charge in [-0.2, -0.15) is 4.98 Å². The van der Waals surface area contributed by atoms with Crippen molar-refractivity contribution >= 4 is 18.3 Å². The number of benzene rings is 1. The van der Waals surface area contributed by atoms with Gasteiger partial charge in [0.1, 0.15) is 0 Å². The van der Waals surface area contributed by atoms with Crippen LogP contribution in [0.3, 0.4) is 0 Å². The van der Waals surface area contributed by atoms with Crippen molar-refractivity contribution in [1.29, 1.82) is 5.41 Å². The Morgan fingerprint density at radius 3 is 2.89 bits per heavy atom. The molecule has 1 saturated heterocycles. The number of anilines is 1. The first-order chi connectivity index (χ1) is 13.1. The van der Waals surface area contributed by atoms with E-state index >= 15 is 0 Å². The number of aliphatic hydroxyl groups is 1. The molecular formula is C19H25N5O3. The summed E-state index contributed by atoms with van der Waals surface area (Å²) in [6, 6.07) is 5.69. The maximum Gasteiger partial charge on any atom is 0.230 e. The average molecular weight is 371 g/mol. The Morgan fingerprint density at radius 1 is 1.44 bits per heavy atom. The molecule has 0 saturated carbocycles. The first-order valence-electron chi connectivity index (χ1n) is 9.19. The smallest absolute Gasteiger partial charge is 0.230 e. The summed E-state index contributed by atoms with van der Waals surface area (Å²) in [5, 5.41) is 24.1. The monoisotopic (exact) mass is 371 g/mol. The van der Waals surface area contributed by atoms with E-state index in [0.717, 1.165) is 36.1 Å². The summed E-state index contributed by atoms with van der Waals surface area (Å²) in [6.07, 6.45) is 4.43. The molecule has 1 aromatic heterocycles. The van der Waals surface area contributed by atoms with Crippen molar-refractivity contribution in [2.75, 3.05) is 25.0 Å². The molecule has 0 spiro atoms. The maximum absolute atomic E-state index is 10.8. The van der Waals surface area contributed by atoms with E-state index in [1.807, 2.05) is 25.1 Å². The van der Waals surface area contributed by atoms with E-state index in [2.05, 4.69) is 15.5 Å². The van der Waals surface area contributed by atoms with Gasteiger partial charge in [-0.25, -0.2) is 0 Å². The van der Waals surface area contributed by atoms with Gasteiger partial charge in [0, 0.05) is 54.7 Å². The third kappa shape index (κ3) is 4.51. The summed E-state index contributed by atoms with van der Waals surface area (Å²) in [7, 11) is 0. The molecule has 2 heterocycles. The molecule has 1 aromatic carbocycles. The molecular weight excluding hydrogens is 346 g/mol. The number of piperidine rings is 1. The van der Waals surface area contributed by atoms with Gasteiger partial charge < -0.3 is 25.3 Å². The number of hydrogen-bond donors (Lipinski definition) is 3. The van der Waals surface area contributed by atoms with Crippen LogP contribution in [0.4, 0.5) is 5.69 Å². The van der Waals surface area contributed by atoms with Gasteiger partial charge in [-0.3, -0.25) is 4.79 Å². The fourth-order valence-corrected chi connectivity index (χ4v) is 3.25. The highest BCUT2D eigenvalue weighted by molar-refractivity contribution is 5.87. The van der Waals surface area contributed by atoms with Gasteiger partial charge in [0.25, 0.3) is 0 Å². The number of likely N-dealkylation sites (tertiary alicyclic amines) is 1. The second kappa shape index (κ2) is 8.77. The SMILES string of the molecule is CC(CCO)Nc1cc(-c2noc(C3CCN(C=O)CC3)n2)ccc1C=N. The molecule has 3 N–H and O–H groups in total. The molecule has 1 aliphatic rings. The van der Waals surface area contributed by atoms with E-state index in [1.54, 1.807) is 4.90 Å². The number of carbonyl (C=O) groups is 1. The summed E-state index contributed by atoms with van der Waals surface area (Å²) >= 11 is 0. The normalized spacial score (nSPS) is 16.1. The Labute approximate surface area is 158 Å². The number of aliphatic hydroxyl groups excluding tert-OH is 1. The first-order valence-corrected chi connectivity index (χ1v) is 9.19. The van der Waals surface area contributed by atoms with E-state index in [4.69, 9.17) is 15.0 Å². The molecule has 3 rings (SSSR count). The number of aromatic nitrogens is 2. The Bertz CT molecular complexity index is 783. The number of rotatable bonds is 8. The van der Waals surface area contributed by atoms with Crippen molar-refractivity contribution in [2.24, 2.45) is 0 Å². The van der Waals surface area contributed by atoms with Crippen LogP contribution in [0.5, 0.6) is 0 Å². The Morgan fingerprint density at radius 2 is 2.22 bits per heavy atom. The van der Waals surface area contributed by atoms with E-state index in [9.17, 15) is 4.79 Å². The third-order valence-corrected chi connectivity index (χ3v) is 4.90. The Hall–Kier alpha value is -2.74. The van der Waals surface area contributed by atoms with Crippen LogP contribution < -0.4 is 5.32 Å². The van der Waals surface area contributed by atoms with Gasteiger partial charge >= 0.3 is 0 Å². The van der Waals surface area contributed by atoms with E-state index in [-0.39, 0.29) is 18.6 Å². The highest BCUT2D eigenvalue weighted by atomic mass is 16.5. The standard InChI is InChI=1S/C19H25N5O3/c1-13(6-9-25)21-17-10-15(2-3-16(17)11-20)18-22-19(27-23-18)14-4-7-24(12-26)8-5-14/h2-3,10-14,20-21,25H,4-9H2,1H3. The summed E-state index contributed by atoms with van der Waals surface area (Å²) < 4.78 is 5.48. The molecule has 27 heavy (non-hydrogen) atoms. The van der Waals surface area contributed by atoms with Gasteiger partial charge in [-0.15, -0.1) is 0 Å². The molecule has 2 aromatic rings. The van der Waals surface area contributed by atoms with Crippen molar-refractivity contribution < 1.29 is 14.4 Å². The van der Waals surface area contributed by atoms with Crippen LogP contribution in [0.1, 0.15) is 43.6 Å². The van der Waals surface area contributed by atoms with E-state index in [0.29, 0.717) is 31.2 Å². The average Bonchev–Trinajstić information content (AvgIpc) is 3.18. The van der Waals surface area contributed by atoms with Gasteiger partial charge in [0.05, 0.1) is 0 Å². The lowest BCUT2D eigenvalue weighted by molar-refractivity contribution is -0.119. The number of carbonyl (C=O) groups excluding carboxylic acids is 1. The maximum atomic E-state index is 10.8. The van der Waals surface area contributed by atoms with Crippen molar-refractivity contribution in [3.05, 3.63) is 29.7 Å². The lowest BCUT2D eigenvalue weighted by Gasteiger charge is -2.26. The van der Waals surface area contributed by atoms with Crippen molar-refractivity contribution in [1.82, 2.24) is 15.0 Å². The zero-order valence-corrected chi connectivity index (χ0v) is 15.4. The van der Waals surface area contributed by atoms with Crippen LogP contribution in [0.2, 0.25) is 0 Å². The molecule has 0 bridgehead atoms. The molecule has 1 amide bonds. The van der Waals surface area contributed by atoms with E-state index < -0.39 is 0 Å². The van der Waals surface area contributed by atoms with Crippen molar-refractivity contribution in [3.8, 4) is 11.4 Å². The zero-order chi connectivity index (χ0) is 19.2. The number of hydrogen-bond acceptors (Lipinski definition) is 7. The minimum absolute atomic E-state index is 0.0767. The van der Waals surface area contributed by atoms with Gasteiger partial charge in [0.2, 0.25) is 18.1 Å². The van der Waals surface area contributed by atoms with E-state index in [1.165, 1.54) is 6.21 Å². The van der Waals surface area contributed by atoms with Crippen molar-refractivity contribution in [3.63, 3.8) is 0 Å². The van der Waals surface area contributed by atoms with Crippen LogP contribution in [0.15, 0.2) is 22.7 Å². The van der Waals surface area contributed by atoms with Crippen LogP contribution in [0, 0.1) is 5.41 Å².